The van der Waals surface area contributed by atoms with Crippen LogP contribution in [0.15, 0.2) is 24.3 Å². The Morgan fingerprint density at radius 3 is 2.60 bits per heavy atom. The van der Waals surface area contributed by atoms with Crippen LogP contribution in [-0.4, -0.2) is 34.1 Å². The van der Waals surface area contributed by atoms with Gasteiger partial charge in [0.1, 0.15) is 22.1 Å². The summed E-state index contributed by atoms with van der Waals surface area (Å²) >= 11 is 1.38. The molecule has 0 aliphatic heterocycles. The molecule has 1 aromatic carbocycles. The molecule has 7 heteroatoms. The molecule has 0 spiro atoms. The van der Waals surface area contributed by atoms with Gasteiger partial charge < -0.3 is 14.8 Å². The molecular formula is C23H29N3O3S. The number of benzene rings is 1. The van der Waals surface area contributed by atoms with Crippen molar-refractivity contribution in [3.63, 3.8) is 0 Å². The SMILES string of the molecule is CCOC(=O)c1sc2nc(-c3ccc(OC(C)C)cc3)c(NC3CCCC3)n2c1C. The number of ether oxygens (including phenoxy) is 2. The third kappa shape index (κ3) is 4.03. The number of aromatic nitrogens is 2. The van der Waals surface area contributed by atoms with Crippen LogP contribution in [0.1, 0.15) is 61.8 Å². The van der Waals surface area contributed by atoms with Crippen molar-refractivity contribution in [2.45, 2.75) is 65.5 Å². The first-order valence-corrected chi connectivity index (χ1v) is 11.5. The molecule has 1 aliphatic rings. The van der Waals surface area contributed by atoms with Gasteiger partial charge in [-0.25, -0.2) is 9.78 Å². The summed E-state index contributed by atoms with van der Waals surface area (Å²) in [5, 5.41) is 3.73. The van der Waals surface area contributed by atoms with Gasteiger partial charge in [0, 0.05) is 17.3 Å². The van der Waals surface area contributed by atoms with Crippen LogP contribution in [0, 0.1) is 6.92 Å². The van der Waals surface area contributed by atoms with Gasteiger partial charge in [0.25, 0.3) is 0 Å². The summed E-state index contributed by atoms with van der Waals surface area (Å²) in [5.74, 6) is 1.52. The Labute approximate surface area is 181 Å². The number of imidazole rings is 1. The zero-order chi connectivity index (χ0) is 21.3. The van der Waals surface area contributed by atoms with Crippen molar-refractivity contribution in [3.05, 3.63) is 34.8 Å². The highest BCUT2D eigenvalue weighted by Crippen LogP contribution is 2.37. The number of thiazole rings is 1. The third-order valence-electron chi connectivity index (χ3n) is 5.36. The second kappa shape index (κ2) is 8.68. The van der Waals surface area contributed by atoms with Crippen molar-refractivity contribution in [3.8, 4) is 17.0 Å². The maximum atomic E-state index is 12.4. The molecule has 0 saturated heterocycles. The number of nitrogens with one attached hydrogen (secondary N) is 1. The fourth-order valence-corrected chi connectivity index (χ4v) is 5.01. The van der Waals surface area contributed by atoms with Crippen LogP contribution in [0.4, 0.5) is 5.82 Å². The maximum absolute atomic E-state index is 12.4. The number of nitrogens with zero attached hydrogens (tertiary/aromatic N) is 2. The highest BCUT2D eigenvalue weighted by molar-refractivity contribution is 7.19. The van der Waals surface area contributed by atoms with E-state index in [1.807, 2.05) is 52.0 Å². The Balaban J connectivity index is 1.77. The van der Waals surface area contributed by atoms with Gasteiger partial charge in [0.2, 0.25) is 0 Å². The van der Waals surface area contributed by atoms with Crippen molar-refractivity contribution in [2.75, 3.05) is 11.9 Å². The topological polar surface area (TPSA) is 64.9 Å². The minimum absolute atomic E-state index is 0.136. The third-order valence-corrected chi connectivity index (χ3v) is 6.48. The zero-order valence-electron chi connectivity index (χ0n) is 18.0. The standard InChI is InChI=1S/C23H29N3O3S/c1-5-28-22(27)20-15(4)26-21(24-17-8-6-7-9-17)19(25-23(26)30-20)16-10-12-18(13-11-16)29-14(2)3/h10-14,17,24H,5-9H2,1-4H3. The minimum Gasteiger partial charge on any atom is -0.491 e. The largest absolute Gasteiger partial charge is 0.491 e. The van der Waals surface area contributed by atoms with Crippen LogP contribution >= 0.6 is 11.3 Å². The average molecular weight is 428 g/mol. The highest BCUT2D eigenvalue weighted by atomic mass is 32.1. The van der Waals surface area contributed by atoms with E-state index in [1.54, 1.807) is 0 Å². The number of anilines is 1. The molecule has 1 N–H and O–H groups in total. The number of esters is 1. The molecule has 0 bridgehead atoms. The summed E-state index contributed by atoms with van der Waals surface area (Å²) in [6.45, 7) is 8.18. The monoisotopic (exact) mass is 427 g/mol. The van der Waals surface area contributed by atoms with Crippen molar-refractivity contribution >= 4 is 28.1 Å². The number of carbonyl (C=O) groups is 1. The van der Waals surface area contributed by atoms with E-state index in [0.29, 0.717) is 17.5 Å². The second-order valence-electron chi connectivity index (χ2n) is 7.98. The van der Waals surface area contributed by atoms with E-state index in [9.17, 15) is 4.79 Å². The molecule has 0 amide bonds. The van der Waals surface area contributed by atoms with Crippen molar-refractivity contribution in [1.29, 1.82) is 0 Å². The first-order chi connectivity index (χ1) is 14.5. The molecule has 3 aromatic rings. The van der Waals surface area contributed by atoms with E-state index in [-0.39, 0.29) is 12.1 Å². The predicted molar refractivity (Wildman–Crippen MR) is 121 cm³/mol. The quantitative estimate of drug-likeness (QED) is 0.491. The van der Waals surface area contributed by atoms with Gasteiger partial charge in [0.15, 0.2) is 4.96 Å². The lowest BCUT2D eigenvalue weighted by atomic mass is 10.1. The Morgan fingerprint density at radius 2 is 1.97 bits per heavy atom. The van der Waals surface area contributed by atoms with Crippen LogP contribution in [0.3, 0.4) is 0 Å². The van der Waals surface area contributed by atoms with Crippen LogP contribution < -0.4 is 10.1 Å². The Kier molecular flexibility index (Phi) is 5.99. The van der Waals surface area contributed by atoms with E-state index in [0.717, 1.165) is 46.3 Å². The van der Waals surface area contributed by atoms with Gasteiger partial charge in [-0.05, 0) is 64.8 Å². The number of hydrogen-bond acceptors (Lipinski definition) is 6. The normalized spacial score (nSPS) is 14.6. The molecule has 0 unspecified atom stereocenters. The first-order valence-electron chi connectivity index (χ1n) is 10.7. The van der Waals surface area contributed by atoms with Gasteiger partial charge in [0.05, 0.1) is 12.7 Å². The number of carbonyl (C=O) groups excluding carboxylic acids is 1. The molecule has 1 fully saturated rings. The second-order valence-corrected chi connectivity index (χ2v) is 8.96. The van der Waals surface area contributed by atoms with Crippen LogP contribution in [0.2, 0.25) is 0 Å². The average Bonchev–Trinajstić information content (AvgIpc) is 3.41. The molecule has 1 saturated carbocycles. The molecule has 160 valence electrons. The first kappa shape index (κ1) is 20.7. The number of fused-ring (bicyclic) bond motifs is 1. The zero-order valence-corrected chi connectivity index (χ0v) is 18.8. The van der Waals surface area contributed by atoms with Gasteiger partial charge >= 0.3 is 5.97 Å². The lowest BCUT2D eigenvalue weighted by molar-refractivity contribution is 0.0531. The molecule has 30 heavy (non-hydrogen) atoms. The lowest BCUT2D eigenvalue weighted by Crippen LogP contribution is -2.17. The van der Waals surface area contributed by atoms with Gasteiger partial charge in [-0.1, -0.05) is 24.2 Å². The Morgan fingerprint density at radius 1 is 1.27 bits per heavy atom. The summed E-state index contributed by atoms with van der Waals surface area (Å²) in [7, 11) is 0. The molecule has 2 aromatic heterocycles. The molecule has 4 rings (SSSR count). The molecule has 6 nitrogen and oxygen atoms in total. The summed E-state index contributed by atoms with van der Waals surface area (Å²) in [5.41, 5.74) is 2.80. The van der Waals surface area contributed by atoms with E-state index >= 15 is 0 Å². The van der Waals surface area contributed by atoms with Gasteiger partial charge in [-0.15, -0.1) is 0 Å². The molecular weight excluding hydrogens is 398 g/mol. The summed E-state index contributed by atoms with van der Waals surface area (Å²) in [6.07, 6.45) is 4.93. The van der Waals surface area contributed by atoms with E-state index < -0.39 is 0 Å². The van der Waals surface area contributed by atoms with E-state index in [2.05, 4.69) is 9.72 Å². The predicted octanol–water partition coefficient (Wildman–Crippen LogP) is 5.69. The highest BCUT2D eigenvalue weighted by Gasteiger charge is 2.26. The molecule has 2 heterocycles. The number of hydrogen-bond donors (Lipinski definition) is 1. The smallest absolute Gasteiger partial charge is 0.350 e. The van der Waals surface area contributed by atoms with Gasteiger partial charge in [-0.3, -0.25) is 4.40 Å². The van der Waals surface area contributed by atoms with Crippen molar-refractivity contribution in [1.82, 2.24) is 9.38 Å². The summed E-state index contributed by atoms with van der Waals surface area (Å²) in [6, 6.07) is 8.49. The van der Waals surface area contributed by atoms with E-state index in [1.165, 1.54) is 24.2 Å². The Hall–Kier alpha value is -2.54. The molecule has 1 aliphatic carbocycles. The van der Waals surface area contributed by atoms with Crippen molar-refractivity contribution < 1.29 is 14.3 Å². The van der Waals surface area contributed by atoms with E-state index in [4.69, 9.17) is 14.5 Å². The minimum atomic E-state index is -0.283. The fourth-order valence-electron chi connectivity index (χ4n) is 3.99. The molecule has 0 atom stereocenters. The molecule has 0 radical (unpaired) electrons. The van der Waals surface area contributed by atoms with Gasteiger partial charge in [-0.2, -0.15) is 0 Å². The lowest BCUT2D eigenvalue weighted by Gasteiger charge is -2.15. The maximum Gasteiger partial charge on any atom is 0.350 e. The summed E-state index contributed by atoms with van der Waals surface area (Å²) in [4.78, 5) is 18.7. The number of rotatable bonds is 7. The summed E-state index contributed by atoms with van der Waals surface area (Å²) < 4.78 is 13.1. The fraction of sp³-hybridized carbons (Fsp3) is 0.478. The number of aryl methyl sites for hydroxylation is 1. The van der Waals surface area contributed by atoms with Crippen molar-refractivity contribution in [2.24, 2.45) is 0 Å². The van der Waals surface area contributed by atoms with Crippen LogP contribution in [0.5, 0.6) is 5.75 Å². The van der Waals surface area contributed by atoms with Crippen LogP contribution in [-0.2, 0) is 4.74 Å². The Bertz CT molecular complexity index is 1030. The van der Waals surface area contributed by atoms with Crippen LogP contribution in [0.25, 0.3) is 16.2 Å².